The number of allylic oxidation sites excluding steroid dienone is 1. The molecule has 2 heteroatoms. The van der Waals surface area contributed by atoms with Gasteiger partial charge in [0, 0.05) is 22.8 Å². The van der Waals surface area contributed by atoms with Gasteiger partial charge in [-0.2, -0.15) is 0 Å². The van der Waals surface area contributed by atoms with E-state index in [1.807, 2.05) is 6.20 Å². The summed E-state index contributed by atoms with van der Waals surface area (Å²) in [5.74, 6) is 0.825. The molecule has 0 saturated heterocycles. The van der Waals surface area contributed by atoms with E-state index in [1.165, 1.54) is 29.5 Å². The van der Waals surface area contributed by atoms with Gasteiger partial charge in [0.05, 0.1) is 0 Å². The molecule has 0 aromatic carbocycles. The van der Waals surface area contributed by atoms with Crippen molar-refractivity contribution in [2.75, 3.05) is 0 Å². The second-order valence-electron chi connectivity index (χ2n) is 3.00. The molecule has 0 atom stereocenters. The highest BCUT2D eigenvalue weighted by atomic mass is 79.9. The van der Waals surface area contributed by atoms with E-state index in [-0.39, 0.29) is 0 Å². The van der Waals surface area contributed by atoms with E-state index >= 15 is 0 Å². The van der Waals surface area contributed by atoms with Gasteiger partial charge in [-0.3, -0.25) is 4.99 Å². The predicted molar refractivity (Wildman–Crippen MR) is 46.4 cm³/mol. The van der Waals surface area contributed by atoms with Gasteiger partial charge < -0.3 is 0 Å². The van der Waals surface area contributed by atoms with Crippen molar-refractivity contribution in [3.63, 3.8) is 0 Å². The fraction of sp³-hybridized carbons (Fsp3) is 0.625. The Kier molecular flexibility index (Phi) is 1.65. The van der Waals surface area contributed by atoms with Crippen LogP contribution in [-0.4, -0.2) is 5.71 Å². The molecule has 0 aromatic heterocycles. The molecule has 1 fully saturated rings. The summed E-state index contributed by atoms with van der Waals surface area (Å²) in [4.78, 5) is 4.35. The van der Waals surface area contributed by atoms with Crippen molar-refractivity contribution in [2.45, 2.75) is 25.7 Å². The van der Waals surface area contributed by atoms with Crippen LogP contribution in [0, 0.1) is 5.92 Å². The van der Waals surface area contributed by atoms with Gasteiger partial charge >= 0.3 is 0 Å². The Morgan fingerprint density at radius 3 is 2.70 bits per heavy atom. The highest BCUT2D eigenvalue weighted by Gasteiger charge is 2.24. The molecule has 0 unspecified atom stereocenters. The molecule has 2 aliphatic rings. The first kappa shape index (κ1) is 6.59. The molecule has 1 nitrogen and oxygen atoms in total. The Hall–Kier alpha value is -0.110. The Morgan fingerprint density at radius 1 is 1.50 bits per heavy atom. The molecule has 1 saturated carbocycles. The number of halogens is 1. The van der Waals surface area contributed by atoms with Crippen LogP contribution in [-0.2, 0) is 0 Å². The van der Waals surface area contributed by atoms with Gasteiger partial charge in [-0.1, -0.05) is 22.4 Å². The van der Waals surface area contributed by atoms with Crippen LogP contribution in [0.4, 0.5) is 0 Å². The molecule has 1 aliphatic heterocycles. The molecular formula is C8H10BrN. The van der Waals surface area contributed by atoms with Crippen molar-refractivity contribution >= 4 is 21.6 Å². The van der Waals surface area contributed by atoms with E-state index in [0.717, 1.165) is 12.3 Å². The summed E-state index contributed by atoms with van der Waals surface area (Å²) in [7, 11) is 0. The third-order valence-electron chi connectivity index (χ3n) is 2.30. The Morgan fingerprint density at radius 2 is 2.30 bits per heavy atom. The zero-order chi connectivity index (χ0) is 6.97. The molecular weight excluding hydrogens is 190 g/mol. The van der Waals surface area contributed by atoms with Crippen molar-refractivity contribution in [3.05, 3.63) is 10.7 Å². The molecule has 0 spiro atoms. The lowest BCUT2D eigenvalue weighted by molar-refractivity contribution is 0.411. The number of hydrogen-bond acceptors (Lipinski definition) is 1. The Bertz CT molecular complexity index is 201. The smallest absolute Gasteiger partial charge is 0.0372 e. The first-order chi connectivity index (χ1) is 4.86. The topological polar surface area (TPSA) is 12.4 Å². The minimum Gasteiger partial charge on any atom is -0.264 e. The van der Waals surface area contributed by atoms with Crippen LogP contribution in [0.5, 0.6) is 0 Å². The standard InChI is InChI=1S/C8H10BrN/c9-7-4-8(10-5-7)6-2-1-3-6/h5-6H,1-4H2. The summed E-state index contributed by atoms with van der Waals surface area (Å²) in [6.07, 6.45) is 7.15. The second-order valence-corrected chi connectivity index (χ2v) is 4.02. The maximum absolute atomic E-state index is 4.35. The van der Waals surface area contributed by atoms with Crippen molar-refractivity contribution in [1.82, 2.24) is 0 Å². The van der Waals surface area contributed by atoms with Crippen molar-refractivity contribution in [3.8, 4) is 0 Å². The summed E-state index contributed by atoms with van der Waals surface area (Å²) in [6.45, 7) is 0. The van der Waals surface area contributed by atoms with E-state index in [9.17, 15) is 0 Å². The van der Waals surface area contributed by atoms with Crippen LogP contribution in [0.3, 0.4) is 0 Å². The molecule has 0 amide bonds. The van der Waals surface area contributed by atoms with Gasteiger partial charge in [0.1, 0.15) is 0 Å². The maximum Gasteiger partial charge on any atom is 0.0372 e. The second kappa shape index (κ2) is 2.50. The molecule has 0 bridgehead atoms. The molecule has 2 rings (SSSR count). The van der Waals surface area contributed by atoms with Crippen molar-refractivity contribution < 1.29 is 0 Å². The van der Waals surface area contributed by atoms with Gasteiger partial charge in [-0.15, -0.1) is 0 Å². The normalized spacial score (nSPS) is 25.7. The molecule has 0 radical (unpaired) electrons. The first-order valence-electron chi connectivity index (χ1n) is 3.77. The fourth-order valence-corrected chi connectivity index (χ4v) is 1.80. The number of hydrogen-bond donors (Lipinski definition) is 0. The molecule has 10 heavy (non-hydrogen) atoms. The van der Waals surface area contributed by atoms with E-state index in [0.29, 0.717) is 0 Å². The quantitative estimate of drug-likeness (QED) is 0.617. The molecule has 54 valence electrons. The average Bonchev–Trinajstić information content (AvgIpc) is 2.10. The number of rotatable bonds is 1. The van der Waals surface area contributed by atoms with Gasteiger partial charge in [-0.25, -0.2) is 0 Å². The monoisotopic (exact) mass is 199 g/mol. The third-order valence-corrected chi connectivity index (χ3v) is 2.78. The zero-order valence-corrected chi connectivity index (χ0v) is 7.39. The lowest BCUT2D eigenvalue weighted by Crippen LogP contribution is -2.20. The SMILES string of the molecule is BrC1=CN=C(C2CCC2)C1. The van der Waals surface area contributed by atoms with Crippen molar-refractivity contribution in [1.29, 1.82) is 0 Å². The van der Waals surface area contributed by atoms with Crippen LogP contribution in [0.1, 0.15) is 25.7 Å². The van der Waals surface area contributed by atoms with E-state index in [2.05, 4.69) is 20.9 Å². The van der Waals surface area contributed by atoms with Gasteiger partial charge in [-0.05, 0) is 18.8 Å². The number of nitrogens with zero attached hydrogens (tertiary/aromatic N) is 1. The minimum atomic E-state index is 0.825. The first-order valence-corrected chi connectivity index (χ1v) is 4.56. The predicted octanol–water partition coefficient (Wildman–Crippen LogP) is 2.87. The molecule has 0 N–H and O–H groups in total. The lowest BCUT2D eigenvalue weighted by atomic mass is 9.81. The third kappa shape index (κ3) is 1.05. The highest BCUT2D eigenvalue weighted by Crippen LogP contribution is 2.33. The van der Waals surface area contributed by atoms with E-state index in [4.69, 9.17) is 0 Å². The van der Waals surface area contributed by atoms with Crippen LogP contribution in [0.25, 0.3) is 0 Å². The fourth-order valence-electron chi connectivity index (χ4n) is 1.41. The molecule has 0 aromatic rings. The van der Waals surface area contributed by atoms with Crippen LogP contribution in [0.15, 0.2) is 15.7 Å². The Labute approximate surface area is 69.4 Å². The van der Waals surface area contributed by atoms with Gasteiger partial charge in [0.15, 0.2) is 0 Å². The van der Waals surface area contributed by atoms with Crippen LogP contribution < -0.4 is 0 Å². The van der Waals surface area contributed by atoms with Crippen LogP contribution in [0.2, 0.25) is 0 Å². The lowest BCUT2D eigenvalue weighted by Gasteiger charge is -2.25. The molecule has 1 heterocycles. The number of aliphatic imine (C=N–C) groups is 1. The minimum absolute atomic E-state index is 0.825. The average molecular weight is 200 g/mol. The molecule has 1 aliphatic carbocycles. The highest BCUT2D eigenvalue weighted by molar-refractivity contribution is 9.11. The Balaban J connectivity index is 1.97. The summed E-state index contributed by atoms with van der Waals surface area (Å²) >= 11 is 3.45. The summed E-state index contributed by atoms with van der Waals surface area (Å²) in [6, 6.07) is 0. The summed E-state index contributed by atoms with van der Waals surface area (Å²) in [5, 5.41) is 0. The summed E-state index contributed by atoms with van der Waals surface area (Å²) in [5.41, 5.74) is 1.40. The largest absolute Gasteiger partial charge is 0.264 e. The maximum atomic E-state index is 4.35. The summed E-state index contributed by atoms with van der Waals surface area (Å²) < 4.78 is 1.24. The van der Waals surface area contributed by atoms with Gasteiger partial charge in [0.2, 0.25) is 0 Å². The van der Waals surface area contributed by atoms with Gasteiger partial charge in [0.25, 0.3) is 0 Å². The van der Waals surface area contributed by atoms with Crippen LogP contribution >= 0.6 is 15.9 Å². The van der Waals surface area contributed by atoms with E-state index in [1.54, 1.807) is 0 Å². The zero-order valence-electron chi connectivity index (χ0n) is 5.81. The van der Waals surface area contributed by atoms with Crippen molar-refractivity contribution in [2.24, 2.45) is 10.9 Å². The van der Waals surface area contributed by atoms with E-state index < -0.39 is 0 Å².